The van der Waals surface area contributed by atoms with E-state index in [2.05, 4.69) is 26.1 Å². The third kappa shape index (κ3) is 2.38. The van der Waals surface area contributed by atoms with Crippen LogP contribution in [-0.4, -0.2) is 12.6 Å². The molecule has 0 spiro atoms. The first-order valence-corrected chi connectivity index (χ1v) is 9.94. The number of hydrogen-bond acceptors (Lipinski definition) is 1. The highest BCUT2D eigenvalue weighted by molar-refractivity contribution is 5.16. The third-order valence-electron chi connectivity index (χ3n) is 7.99. The van der Waals surface area contributed by atoms with Gasteiger partial charge in [0, 0.05) is 6.04 Å². The molecule has 21 heavy (non-hydrogen) atoms. The summed E-state index contributed by atoms with van der Waals surface area (Å²) >= 11 is 0. The van der Waals surface area contributed by atoms with E-state index in [9.17, 15) is 0 Å². The minimum Gasteiger partial charge on any atom is -0.313 e. The van der Waals surface area contributed by atoms with E-state index in [0.717, 1.165) is 53.4 Å². The van der Waals surface area contributed by atoms with Gasteiger partial charge < -0.3 is 5.32 Å². The summed E-state index contributed by atoms with van der Waals surface area (Å²) in [6, 6.07) is 0.873. The fraction of sp³-hybridized carbons (Fsp3) is 1.00. The summed E-state index contributed by atoms with van der Waals surface area (Å²) in [5, 5.41) is 4.03. The van der Waals surface area contributed by atoms with Crippen LogP contribution in [0.1, 0.15) is 65.7 Å². The molecule has 4 saturated carbocycles. The van der Waals surface area contributed by atoms with Crippen molar-refractivity contribution in [1.29, 1.82) is 0 Å². The summed E-state index contributed by atoms with van der Waals surface area (Å²) in [6.45, 7) is 8.55. The molecule has 4 aliphatic rings. The van der Waals surface area contributed by atoms with Crippen molar-refractivity contribution in [3.63, 3.8) is 0 Å². The van der Waals surface area contributed by atoms with Gasteiger partial charge in [-0.2, -0.15) is 0 Å². The lowest BCUT2D eigenvalue weighted by Gasteiger charge is -2.38. The van der Waals surface area contributed by atoms with E-state index in [4.69, 9.17) is 0 Å². The quantitative estimate of drug-likeness (QED) is 0.772. The van der Waals surface area contributed by atoms with Crippen LogP contribution in [0.5, 0.6) is 0 Å². The molecule has 8 unspecified atom stereocenters. The molecule has 1 heteroatoms. The van der Waals surface area contributed by atoms with Crippen LogP contribution in [0.25, 0.3) is 0 Å². The first-order chi connectivity index (χ1) is 10.2. The van der Waals surface area contributed by atoms with Crippen molar-refractivity contribution in [2.75, 3.05) is 6.54 Å². The topological polar surface area (TPSA) is 12.0 Å². The highest BCUT2D eigenvalue weighted by Gasteiger charge is 2.67. The van der Waals surface area contributed by atoms with Crippen LogP contribution >= 0.6 is 0 Å². The maximum atomic E-state index is 4.03. The van der Waals surface area contributed by atoms with Crippen LogP contribution in [0.4, 0.5) is 0 Å². The normalized spacial score (nSPS) is 52.7. The van der Waals surface area contributed by atoms with E-state index in [1.165, 1.54) is 32.2 Å². The summed E-state index contributed by atoms with van der Waals surface area (Å²) in [4.78, 5) is 0. The second kappa shape index (κ2) is 5.55. The van der Waals surface area contributed by atoms with Crippen LogP contribution in [0.2, 0.25) is 0 Å². The molecule has 1 N–H and O–H groups in total. The Labute approximate surface area is 131 Å². The summed E-state index contributed by atoms with van der Waals surface area (Å²) in [7, 11) is 0. The molecule has 0 aliphatic heterocycles. The predicted molar refractivity (Wildman–Crippen MR) is 89.1 cm³/mol. The zero-order valence-corrected chi connectivity index (χ0v) is 14.4. The Morgan fingerprint density at radius 1 is 0.905 bits per heavy atom. The predicted octanol–water partition coefficient (Wildman–Crippen LogP) is 4.72. The van der Waals surface area contributed by atoms with Crippen molar-refractivity contribution in [1.82, 2.24) is 5.32 Å². The molecular weight excluding hydrogens is 254 g/mol. The van der Waals surface area contributed by atoms with Gasteiger partial charge in [-0.3, -0.25) is 0 Å². The lowest BCUT2D eigenvalue weighted by atomic mass is 9.71. The first-order valence-electron chi connectivity index (χ1n) is 9.94. The van der Waals surface area contributed by atoms with E-state index in [0.29, 0.717) is 0 Å². The van der Waals surface area contributed by atoms with E-state index in [1.54, 1.807) is 19.3 Å². The van der Waals surface area contributed by atoms with Gasteiger partial charge in [-0.25, -0.2) is 0 Å². The zero-order valence-electron chi connectivity index (χ0n) is 14.4. The van der Waals surface area contributed by atoms with Crippen LogP contribution in [0.3, 0.4) is 0 Å². The fourth-order valence-electron chi connectivity index (χ4n) is 6.72. The molecule has 0 aromatic heterocycles. The summed E-state index contributed by atoms with van der Waals surface area (Å²) in [5.41, 5.74) is 0. The number of nitrogens with one attached hydrogen (secondary N) is 1. The standard InChI is InChI=1S/C20H35N/c1-4-9-21-20(16-6-5-12(2)13(3)10-16)19-17-14-7-8-15(11-14)18(17)19/h12-21H,4-11H2,1-3H3. The molecule has 1 nitrogen and oxygen atoms in total. The molecule has 2 bridgehead atoms. The van der Waals surface area contributed by atoms with Crippen molar-refractivity contribution in [2.24, 2.45) is 47.3 Å². The molecule has 0 amide bonds. The SMILES string of the molecule is CCCNC(C1CCC(C)C(C)C1)C1C2C3CCC(C3)C21. The van der Waals surface area contributed by atoms with Crippen molar-refractivity contribution < 1.29 is 0 Å². The highest BCUT2D eigenvalue weighted by atomic mass is 15.0. The molecule has 0 heterocycles. The molecule has 0 aromatic carbocycles. The fourth-order valence-corrected chi connectivity index (χ4v) is 6.72. The van der Waals surface area contributed by atoms with E-state index < -0.39 is 0 Å². The average molecular weight is 290 g/mol. The molecule has 0 aromatic rings. The summed E-state index contributed by atoms with van der Waals surface area (Å²) < 4.78 is 0. The molecule has 120 valence electrons. The second-order valence-electron chi connectivity index (χ2n) is 9.07. The lowest BCUT2D eigenvalue weighted by Crippen LogP contribution is -2.43. The van der Waals surface area contributed by atoms with E-state index in [1.807, 2.05) is 0 Å². The van der Waals surface area contributed by atoms with Crippen LogP contribution in [0, 0.1) is 47.3 Å². The third-order valence-corrected chi connectivity index (χ3v) is 7.99. The van der Waals surface area contributed by atoms with Gasteiger partial charge in [-0.1, -0.05) is 27.2 Å². The molecule has 4 rings (SSSR count). The Morgan fingerprint density at radius 3 is 2.24 bits per heavy atom. The van der Waals surface area contributed by atoms with Crippen molar-refractivity contribution in [3.8, 4) is 0 Å². The average Bonchev–Trinajstić information content (AvgIpc) is 2.90. The number of fused-ring (bicyclic) bond motifs is 5. The molecule has 0 radical (unpaired) electrons. The largest absolute Gasteiger partial charge is 0.313 e. The highest BCUT2D eigenvalue weighted by Crippen LogP contribution is 2.71. The van der Waals surface area contributed by atoms with Gasteiger partial charge in [0.15, 0.2) is 0 Å². The van der Waals surface area contributed by atoms with Crippen LogP contribution < -0.4 is 5.32 Å². The first kappa shape index (κ1) is 14.5. The van der Waals surface area contributed by atoms with Gasteiger partial charge >= 0.3 is 0 Å². The van der Waals surface area contributed by atoms with Gasteiger partial charge in [0.1, 0.15) is 0 Å². The van der Waals surface area contributed by atoms with Gasteiger partial charge in [0.2, 0.25) is 0 Å². The smallest absolute Gasteiger partial charge is 0.0129 e. The second-order valence-corrected chi connectivity index (χ2v) is 9.07. The van der Waals surface area contributed by atoms with Crippen molar-refractivity contribution >= 4 is 0 Å². The summed E-state index contributed by atoms with van der Waals surface area (Å²) in [5.74, 6) is 8.53. The molecule has 4 fully saturated rings. The van der Waals surface area contributed by atoms with Gasteiger partial charge in [0.25, 0.3) is 0 Å². The molecule has 8 atom stereocenters. The molecule has 0 saturated heterocycles. The lowest BCUT2D eigenvalue weighted by molar-refractivity contribution is 0.150. The van der Waals surface area contributed by atoms with Gasteiger partial charge in [-0.15, -0.1) is 0 Å². The minimum atomic E-state index is 0.873. The van der Waals surface area contributed by atoms with Crippen molar-refractivity contribution in [3.05, 3.63) is 0 Å². The molecule has 4 aliphatic carbocycles. The van der Waals surface area contributed by atoms with Gasteiger partial charge in [-0.05, 0) is 92.4 Å². The Balaban J connectivity index is 1.45. The van der Waals surface area contributed by atoms with E-state index >= 15 is 0 Å². The van der Waals surface area contributed by atoms with Crippen LogP contribution in [0.15, 0.2) is 0 Å². The monoisotopic (exact) mass is 289 g/mol. The Hall–Kier alpha value is -0.0400. The molecular formula is C20H35N. The van der Waals surface area contributed by atoms with Gasteiger partial charge in [0.05, 0.1) is 0 Å². The zero-order chi connectivity index (χ0) is 14.6. The Morgan fingerprint density at radius 2 is 1.62 bits per heavy atom. The number of rotatable bonds is 5. The van der Waals surface area contributed by atoms with Crippen molar-refractivity contribution in [2.45, 2.75) is 71.8 Å². The Kier molecular flexibility index (Phi) is 3.84. The maximum absolute atomic E-state index is 4.03. The minimum absolute atomic E-state index is 0.873. The Bertz CT molecular complexity index is 362. The summed E-state index contributed by atoms with van der Waals surface area (Å²) in [6.07, 6.45) is 10.5. The van der Waals surface area contributed by atoms with E-state index in [-0.39, 0.29) is 0 Å². The van der Waals surface area contributed by atoms with Crippen LogP contribution in [-0.2, 0) is 0 Å². The number of hydrogen-bond donors (Lipinski definition) is 1. The maximum Gasteiger partial charge on any atom is 0.0129 e.